The Morgan fingerprint density at radius 1 is 1.60 bits per heavy atom. The molecular weight excluding hydrogens is 208 g/mol. The van der Waals surface area contributed by atoms with Gasteiger partial charge in [-0.05, 0) is 17.5 Å². The third-order valence-electron chi connectivity index (χ3n) is 2.09. The lowest BCUT2D eigenvalue weighted by atomic mass is 10.1. The summed E-state index contributed by atoms with van der Waals surface area (Å²) < 4.78 is 0. The van der Waals surface area contributed by atoms with Gasteiger partial charge < -0.3 is 5.32 Å². The zero-order chi connectivity index (χ0) is 11.3. The molecule has 0 aliphatic rings. The molecule has 0 bridgehead atoms. The number of hydrogen-bond donors (Lipinski definition) is 2. The maximum absolute atomic E-state index is 11.5. The molecule has 1 N–H and O–H groups in total. The maximum Gasteiger partial charge on any atom is 0.233 e. The third kappa shape index (κ3) is 3.91. The Bertz CT molecular complexity index is 314. The molecule has 1 amide bonds. The number of hydrogen-bond acceptors (Lipinski definition) is 3. The van der Waals surface area contributed by atoms with Gasteiger partial charge in [0, 0.05) is 18.9 Å². The van der Waals surface area contributed by atoms with Gasteiger partial charge in [0.05, 0.1) is 5.25 Å². The molecule has 0 aliphatic heterocycles. The molecule has 1 aromatic rings. The molecule has 1 heterocycles. The van der Waals surface area contributed by atoms with Gasteiger partial charge in [-0.25, -0.2) is 0 Å². The van der Waals surface area contributed by atoms with E-state index in [1.165, 1.54) is 0 Å². The lowest BCUT2D eigenvalue weighted by Crippen LogP contribution is -2.33. The second-order valence-electron chi connectivity index (χ2n) is 3.77. The number of rotatable bonds is 4. The van der Waals surface area contributed by atoms with Gasteiger partial charge in [-0.3, -0.25) is 9.78 Å². The van der Waals surface area contributed by atoms with Crippen LogP contribution in [0.2, 0.25) is 0 Å². The van der Waals surface area contributed by atoms with Crippen molar-refractivity contribution in [1.82, 2.24) is 10.3 Å². The fourth-order valence-corrected chi connectivity index (χ4v) is 1.19. The Kier molecular flexibility index (Phi) is 4.62. The van der Waals surface area contributed by atoms with Crippen molar-refractivity contribution in [3.63, 3.8) is 0 Å². The van der Waals surface area contributed by atoms with Crippen LogP contribution in [-0.2, 0) is 11.3 Å². The van der Waals surface area contributed by atoms with Gasteiger partial charge >= 0.3 is 0 Å². The van der Waals surface area contributed by atoms with Crippen molar-refractivity contribution < 1.29 is 4.79 Å². The Labute approximate surface area is 95.7 Å². The standard InChI is InChI=1S/C11H16N2OS/c1-8(2)10(15)11(14)13-7-9-4-3-5-12-6-9/h3-6,8,10,15H,7H2,1-2H3,(H,13,14). The topological polar surface area (TPSA) is 42.0 Å². The second-order valence-corrected chi connectivity index (χ2v) is 4.32. The van der Waals surface area contributed by atoms with E-state index < -0.39 is 0 Å². The highest BCUT2D eigenvalue weighted by molar-refractivity contribution is 7.81. The summed E-state index contributed by atoms with van der Waals surface area (Å²) in [7, 11) is 0. The van der Waals surface area contributed by atoms with Crippen LogP contribution in [0, 0.1) is 5.92 Å². The summed E-state index contributed by atoms with van der Waals surface area (Å²) in [5.74, 6) is 0.208. The molecule has 1 unspecified atom stereocenters. The molecule has 0 saturated carbocycles. The van der Waals surface area contributed by atoms with E-state index in [0.717, 1.165) is 5.56 Å². The molecule has 15 heavy (non-hydrogen) atoms. The summed E-state index contributed by atoms with van der Waals surface area (Å²) in [5.41, 5.74) is 0.995. The highest BCUT2D eigenvalue weighted by Crippen LogP contribution is 2.08. The average Bonchev–Trinajstić information content (AvgIpc) is 2.26. The first-order chi connectivity index (χ1) is 7.11. The van der Waals surface area contributed by atoms with E-state index >= 15 is 0 Å². The van der Waals surface area contributed by atoms with Crippen LogP contribution in [0.3, 0.4) is 0 Å². The first kappa shape index (κ1) is 12.0. The molecule has 3 nitrogen and oxygen atoms in total. The Morgan fingerprint density at radius 2 is 2.33 bits per heavy atom. The van der Waals surface area contributed by atoms with Crippen molar-refractivity contribution in [1.29, 1.82) is 0 Å². The van der Waals surface area contributed by atoms with Gasteiger partial charge in [-0.2, -0.15) is 12.6 Å². The largest absolute Gasteiger partial charge is 0.351 e. The fraction of sp³-hybridized carbons (Fsp3) is 0.455. The van der Waals surface area contributed by atoms with Crippen LogP contribution >= 0.6 is 12.6 Å². The zero-order valence-corrected chi connectivity index (χ0v) is 9.87. The maximum atomic E-state index is 11.5. The molecule has 82 valence electrons. The van der Waals surface area contributed by atoms with Crippen molar-refractivity contribution in [2.24, 2.45) is 5.92 Å². The van der Waals surface area contributed by atoms with Crippen LogP contribution in [0.25, 0.3) is 0 Å². The van der Waals surface area contributed by atoms with Crippen LogP contribution in [-0.4, -0.2) is 16.1 Å². The predicted octanol–water partition coefficient (Wildman–Crippen LogP) is 1.65. The van der Waals surface area contributed by atoms with Crippen LogP contribution in [0.15, 0.2) is 24.5 Å². The molecule has 1 atom stereocenters. The van der Waals surface area contributed by atoms with Gasteiger partial charge in [0.15, 0.2) is 0 Å². The minimum Gasteiger partial charge on any atom is -0.351 e. The van der Waals surface area contributed by atoms with Crippen LogP contribution in [0.5, 0.6) is 0 Å². The first-order valence-electron chi connectivity index (χ1n) is 4.96. The highest BCUT2D eigenvalue weighted by Gasteiger charge is 2.16. The number of aromatic nitrogens is 1. The van der Waals surface area contributed by atoms with E-state index in [1.807, 2.05) is 26.0 Å². The summed E-state index contributed by atoms with van der Waals surface area (Å²) >= 11 is 4.24. The number of carbonyl (C=O) groups is 1. The number of nitrogens with zero attached hydrogens (tertiary/aromatic N) is 1. The van der Waals surface area contributed by atoms with E-state index in [1.54, 1.807) is 12.4 Å². The lowest BCUT2D eigenvalue weighted by molar-refractivity contribution is -0.121. The van der Waals surface area contributed by atoms with E-state index in [9.17, 15) is 4.79 Å². The molecule has 1 rings (SSSR count). The number of carbonyl (C=O) groups excluding carboxylic acids is 1. The molecule has 0 aromatic carbocycles. The van der Waals surface area contributed by atoms with Crippen molar-refractivity contribution in [3.05, 3.63) is 30.1 Å². The zero-order valence-electron chi connectivity index (χ0n) is 8.97. The number of pyridine rings is 1. The Balaban J connectivity index is 2.41. The van der Waals surface area contributed by atoms with Gasteiger partial charge in [-0.15, -0.1) is 0 Å². The average molecular weight is 224 g/mol. The molecule has 0 fully saturated rings. The van der Waals surface area contributed by atoms with Crippen molar-refractivity contribution in [2.75, 3.05) is 0 Å². The number of amides is 1. The van der Waals surface area contributed by atoms with Crippen molar-refractivity contribution >= 4 is 18.5 Å². The second kappa shape index (κ2) is 5.75. The third-order valence-corrected chi connectivity index (χ3v) is 2.92. The molecule has 1 aromatic heterocycles. The SMILES string of the molecule is CC(C)C(S)C(=O)NCc1cccnc1. The van der Waals surface area contributed by atoms with Crippen molar-refractivity contribution in [2.45, 2.75) is 25.6 Å². The predicted molar refractivity (Wildman–Crippen MR) is 63.7 cm³/mol. The summed E-state index contributed by atoms with van der Waals surface area (Å²) in [6.45, 7) is 4.46. The number of nitrogens with one attached hydrogen (secondary N) is 1. The Morgan fingerprint density at radius 3 is 2.87 bits per heavy atom. The van der Waals surface area contributed by atoms with Crippen LogP contribution in [0.1, 0.15) is 19.4 Å². The number of thiol groups is 1. The van der Waals surface area contributed by atoms with Crippen LogP contribution in [0.4, 0.5) is 0 Å². The molecule has 0 spiro atoms. The molecule has 4 heteroatoms. The summed E-state index contributed by atoms with van der Waals surface area (Å²) in [4.78, 5) is 15.5. The van der Waals surface area contributed by atoms with Crippen molar-refractivity contribution in [3.8, 4) is 0 Å². The van der Waals surface area contributed by atoms with Gasteiger partial charge in [0.25, 0.3) is 0 Å². The molecule has 0 aliphatic carbocycles. The lowest BCUT2D eigenvalue weighted by Gasteiger charge is -2.14. The van der Waals surface area contributed by atoms with Gasteiger partial charge in [0.2, 0.25) is 5.91 Å². The smallest absolute Gasteiger partial charge is 0.233 e. The van der Waals surface area contributed by atoms with Crippen LogP contribution < -0.4 is 5.32 Å². The fourth-order valence-electron chi connectivity index (χ4n) is 1.10. The molecule has 0 radical (unpaired) electrons. The quantitative estimate of drug-likeness (QED) is 0.764. The molecule has 0 saturated heterocycles. The summed E-state index contributed by atoms with van der Waals surface area (Å²) in [6, 6.07) is 3.78. The van der Waals surface area contributed by atoms with E-state index in [0.29, 0.717) is 6.54 Å². The van der Waals surface area contributed by atoms with E-state index in [4.69, 9.17) is 0 Å². The van der Waals surface area contributed by atoms with E-state index in [-0.39, 0.29) is 17.1 Å². The highest BCUT2D eigenvalue weighted by atomic mass is 32.1. The first-order valence-corrected chi connectivity index (χ1v) is 5.47. The minimum absolute atomic E-state index is 0.0304. The summed E-state index contributed by atoms with van der Waals surface area (Å²) in [5, 5.41) is 2.58. The Hall–Kier alpha value is -1.03. The van der Waals surface area contributed by atoms with E-state index in [2.05, 4.69) is 22.9 Å². The van der Waals surface area contributed by atoms with Gasteiger partial charge in [-0.1, -0.05) is 19.9 Å². The van der Waals surface area contributed by atoms with Gasteiger partial charge in [0.1, 0.15) is 0 Å². The monoisotopic (exact) mass is 224 g/mol. The summed E-state index contributed by atoms with van der Waals surface area (Å²) in [6.07, 6.45) is 3.45. The minimum atomic E-state index is -0.248. The normalized spacial score (nSPS) is 12.5. The molecular formula is C11H16N2OS.